The Labute approximate surface area is 110 Å². The number of benzene rings is 1. The molecule has 1 aliphatic carbocycles. The third kappa shape index (κ3) is 2.12. The van der Waals surface area contributed by atoms with Crippen molar-refractivity contribution >= 4 is 17.6 Å². The molecule has 1 aromatic rings. The zero-order chi connectivity index (χ0) is 13.6. The number of aryl methyl sites for hydroxylation is 1. The second-order valence-electron chi connectivity index (χ2n) is 5.09. The summed E-state index contributed by atoms with van der Waals surface area (Å²) in [4.78, 5) is 22.6. The van der Waals surface area contributed by atoms with Crippen LogP contribution in [0.3, 0.4) is 0 Å². The lowest BCUT2D eigenvalue weighted by Crippen LogP contribution is -2.37. The highest BCUT2D eigenvalue weighted by atomic mass is 16.4. The Hall–Kier alpha value is -2.17. The molecule has 1 saturated carbocycles. The van der Waals surface area contributed by atoms with Gasteiger partial charge in [-0.25, -0.2) is 5.01 Å². The van der Waals surface area contributed by atoms with Gasteiger partial charge in [0.1, 0.15) is 6.54 Å². The van der Waals surface area contributed by atoms with Crippen LogP contribution in [-0.4, -0.2) is 34.2 Å². The molecule has 0 aromatic heterocycles. The Morgan fingerprint density at radius 3 is 2.68 bits per heavy atom. The fourth-order valence-electron chi connectivity index (χ4n) is 2.45. The van der Waals surface area contributed by atoms with E-state index in [1.54, 1.807) is 0 Å². The van der Waals surface area contributed by atoms with Crippen LogP contribution in [0.5, 0.6) is 0 Å². The maximum absolute atomic E-state index is 11.9. The van der Waals surface area contributed by atoms with Crippen molar-refractivity contribution in [1.29, 1.82) is 0 Å². The molecule has 1 N–H and O–H groups in total. The average Bonchev–Trinajstić information content (AvgIpc) is 3.14. The van der Waals surface area contributed by atoms with Crippen LogP contribution < -0.4 is 0 Å². The van der Waals surface area contributed by atoms with E-state index in [0.717, 1.165) is 28.3 Å². The number of aliphatic carboxylic acids is 1. The van der Waals surface area contributed by atoms with Gasteiger partial charge in [-0.3, -0.25) is 9.59 Å². The highest BCUT2D eigenvalue weighted by molar-refractivity contribution is 6.09. The largest absolute Gasteiger partial charge is 0.480 e. The molecule has 0 saturated heterocycles. The standard InChI is InChI=1S/C14H14N2O3/c1-8-2-4-9(5-3-8)13-10-6-11(10)14(19)16(15-13)7-12(17)18/h2-5,10-11H,6-7H2,1H3,(H,17,18)/t10-,11+/m1/s1. The smallest absolute Gasteiger partial charge is 0.325 e. The van der Waals surface area contributed by atoms with Crippen molar-refractivity contribution in [1.82, 2.24) is 5.01 Å². The monoisotopic (exact) mass is 258 g/mol. The molecule has 5 nitrogen and oxygen atoms in total. The first-order chi connectivity index (χ1) is 9.06. The summed E-state index contributed by atoms with van der Waals surface area (Å²) >= 11 is 0. The predicted molar refractivity (Wildman–Crippen MR) is 68.7 cm³/mol. The molecular formula is C14H14N2O3. The van der Waals surface area contributed by atoms with Gasteiger partial charge in [0.05, 0.1) is 5.71 Å². The number of fused-ring (bicyclic) bond motifs is 1. The van der Waals surface area contributed by atoms with Gasteiger partial charge in [-0.2, -0.15) is 5.10 Å². The fraction of sp³-hybridized carbons (Fsp3) is 0.357. The lowest BCUT2D eigenvalue weighted by Gasteiger charge is -2.21. The highest BCUT2D eigenvalue weighted by Crippen LogP contribution is 2.45. The highest BCUT2D eigenvalue weighted by Gasteiger charge is 2.51. The van der Waals surface area contributed by atoms with Gasteiger partial charge in [0, 0.05) is 11.8 Å². The molecule has 3 rings (SSSR count). The van der Waals surface area contributed by atoms with Gasteiger partial charge in [0.2, 0.25) is 5.91 Å². The molecule has 0 unspecified atom stereocenters. The van der Waals surface area contributed by atoms with Crippen molar-refractivity contribution in [3.63, 3.8) is 0 Å². The van der Waals surface area contributed by atoms with Crippen molar-refractivity contribution in [3.8, 4) is 0 Å². The number of rotatable bonds is 3. The van der Waals surface area contributed by atoms with Gasteiger partial charge in [0.25, 0.3) is 0 Å². The number of carbonyl (C=O) groups is 2. The molecule has 2 atom stereocenters. The van der Waals surface area contributed by atoms with Crippen molar-refractivity contribution < 1.29 is 14.7 Å². The van der Waals surface area contributed by atoms with Crippen LogP contribution in [-0.2, 0) is 9.59 Å². The van der Waals surface area contributed by atoms with Crippen LogP contribution in [0.1, 0.15) is 17.5 Å². The maximum Gasteiger partial charge on any atom is 0.325 e. The van der Waals surface area contributed by atoms with E-state index in [4.69, 9.17) is 5.11 Å². The molecule has 98 valence electrons. The van der Waals surface area contributed by atoms with Crippen molar-refractivity contribution in [2.75, 3.05) is 6.54 Å². The maximum atomic E-state index is 11.9. The van der Waals surface area contributed by atoms with Crippen LogP contribution in [0, 0.1) is 18.8 Å². The van der Waals surface area contributed by atoms with Crippen LogP contribution in [0.25, 0.3) is 0 Å². The number of hydrazone groups is 1. The van der Waals surface area contributed by atoms with Crippen molar-refractivity contribution in [2.24, 2.45) is 16.9 Å². The first-order valence-electron chi connectivity index (χ1n) is 6.25. The van der Waals surface area contributed by atoms with Crippen molar-refractivity contribution in [2.45, 2.75) is 13.3 Å². The van der Waals surface area contributed by atoms with Gasteiger partial charge < -0.3 is 5.11 Å². The molecule has 0 bridgehead atoms. The van der Waals surface area contributed by atoms with E-state index in [1.165, 1.54) is 0 Å². The summed E-state index contributed by atoms with van der Waals surface area (Å²) in [7, 11) is 0. The number of nitrogens with zero attached hydrogens (tertiary/aromatic N) is 2. The normalized spacial score (nSPS) is 24.8. The lowest BCUT2D eigenvalue weighted by molar-refractivity contribution is -0.145. The zero-order valence-corrected chi connectivity index (χ0v) is 10.5. The van der Waals surface area contributed by atoms with Gasteiger partial charge in [-0.15, -0.1) is 0 Å². The molecule has 19 heavy (non-hydrogen) atoms. The second kappa shape index (κ2) is 4.19. The molecule has 0 radical (unpaired) electrons. The van der Waals surface area contributed by atoms with E-state index < -0.39 is 5.97 Å². The van der Waals surface area contributed by atoms with Crippen LogP contribution in [0.2, 0.25) is 0 Å². The summed E-state index contributed by atoms with van der Waals surface area (Å²) < 4.78 is 0. The Morgan fingerprint density at radius 2 is 2.05 bits per heavy atom. The third-order valence-electron chi connectivity index (χ3n) is 3.57. The summed E-state index contributed by atoms with van der Waals surface area (Å²) in [5, 5.41) is 14.1. The second-order valence-corrected chi connectivity index (χ2v) is 5.09. The molecule has 5 heteroatoms. The zero-order valence-electron chi connectivity index (χ0n) is 10.5. The third-order valence-corrected chi connectivity index (χ3v) is 3.57. The summed E-state index contributed by atoms with van der Waals surface area (Å²) in [5.74, 6) is -1.11. The molecule has 0 spiro atoms. The SMILES string of the molecule is Cc1ccc(C2=NN(CC(=O)O)C(=O)[C@H]3C[C@@H]23)cc1. The minimum Gasteiger partial charge on any atom is -0.480 e. The van der Waals surface area contributed by atoms with Gasteiger partial charge in [-0.05, 0) is 18.9 Å². The Kier molecular flexibility index (Phi) is 2.62. The first-order valence-corrected chi connectivity index (χ1v) is 6.25. The van der Waals surface area contributed by atoms with Gasteiger partial charge in [-0.1, -0.05) is 29.8 Å². The minimum atomic E-state index is -1.04. The van der Waals surface area contributed by atoms with Crippen LogP contribution in [0.15, 0.2) is 29.4 Å². The summed E-state index contributed by atoms with van der Waals surface area (Å²) in [6, 6.07) is 7.93. The van der Waals surface area contributed by atoms with E-state index in [2.05, 4.69) is 5.10 Å². The predicted octanol–water partition coefficient (Wildman–Crippen LogP) is 1.26. The molecule has 2 aliphatic rings. The topological polar surface area (TPSA) is 70.0 Å². The van der Waals surface area contributed by atoms with Crippen LogP contribution >= 0.6 is 0 Å². The first kappa shape index (κ1) is 11.9. The number of amides is 1. The van der Waals surface area contributed by atoms with E-state index in [9.17, 15) is 9.59 Å². The van der Waals surface area contributed by atoms with E-state index >= 15 is 0 Å². The fourth-order valence-corrected chi connectivity index (χ4v) is 2.45. The molecule has 1 fully saturated rings. The Balaban J connectivity index is 1.93. The van der Waals surface area contributed by atoms with Crippen molar-refractivity contribution in [3.05, 3.63) is 35.4 Å². The van der Waals surface area contributed by atoms with E-state index in [0.29, 0.717) is 0 Å². The molecule has 1 heterocycles. The summed E-state index contributed by atoms with van der Waals surface area (Å²) in [5.41, 5.74) is 2.97. The molecule has 1 aromatic carbocycles. The number of carbonyl (C=O) groups excluding carboxylic acids is 1. The molecular weight excluding hydrogens is 244 g/mol. The van der Waals surface area contributed by atoms with Gasteiger partial charge >= 0.3 is 5.97 Å². The number of carboxylic acids is 1. The number of carboxylic acid groups (broad SMARTS) is 1. The number of hydrogen-bond acceptors (Lipinski definition) is 3. The minimum absolute atomic E-state index is 0.0758. The van der Waals surface area contributed by atoms with Gasteiger partial charge in [0.15, 0.2) is 0 Å². The number of hydrogen-bond donors (Lipinski definition) is 1. The van der Waals surface area contributed by atoms with E-state index in [1.807, 2.05) is 31.2 Å². The quantitative estimate of drug-likeness (QED) is 0.887. The van der Waals surface area contributed by atoms with Crippen LogP contribution in [0.4, 0.5) is 0 Å². The molecule has 1 amide bonds. The molecule has 1 aliphatic heterocycles. The lowest BCUT2D eigenvalue weighted by atomic mass is 10.0. The van der Waals surface area contributed by atoms with E-state index in [-0.39, 0.29) is 24.3 Å². The average molecular weight is 258 g/mol. The Bertz CT molecular complexity index is 577. The Morgan fingerprint density at radius 1 is 1.37 bits per heavy atom. The summed E-state index contributed by atoms with van der Waals surface area (Å²) in [6.45, 7) is 1.64. The summed E-state index contributed by atoms with van der Waals surface area (Å²) in [6.07, 6.45) is 0.779.